The maximum atomic E-state index is 5.68. The van der Waals surface area contributed by atoms with E-state index in [9.17, 15) is 0 Å². The van der Waals surface area contributed by atoms with Crippen LogP contribution in [0.25, 0.3) is 0 Å². The van der Waals surface area contributed by atoms with Crippen molar-refractivity contribution in [2.45, 2.75) is 39.2 Å². The second-order valence-corrected chi connectivity index (χ2v) is 6.16. The molecule has 1 aliphatic rings. The zero-order valence-electron chi connectivity index (χ0n) is 12.4. The lowest BCUT2D eigenvalue weighted by Crippen LogP contribution is -2.39. The SMILES string of the molecule is CC(C)C(c1ccccc1)N1CCC(CCN)CC1. The molecule has 1 aromatic rings. The van der Waals surface area contributed by atoms with Gasteiger partial charge in [-0.05, 0) is 56.3 Å². The molecule has 2 nitrogen and oxygen atoms in total. The number of nitrogens with two attached hydrogens (primary N) is 1. The second kappa shape index (κ2) is 7.06. The van der Waals surface area contributed by atoms with Crippen molar-refractivity contribution in [2.24, 2.45) is 17.6 Å². The largest absolute Gasteiger partial charge is 0.330 e. The molecule has 1 unspecified atom stereocenters. The first-order chi connectivity index (χ1) is 9.22. The minimum atomic E-state index is 0.569. The van der Waals surface area contributed by atoms with Crippen molar-refractivity contribution >= 4 is 0 Å². The Morgan fingerprint density at radius 1 is 1.16 bits per heavy atom. The molecular formula is C17H28N2. The topological polar surface area (TPSA) is 29.3 Å². The highest BCUT2D eigenvalue weighted by Crippen LogP contribution is 2.32. The van der Waals surface area contributed by atoms with Gasteiger partial charge in [-0.1, -0.05) is 44.2 Å². The molecule has 1 aromatic carbocycles. The van der Waals surface area contributed by atoms with Crippen molar-refractivity contribution in [3.8, 4) is 0 Å². The molecular weight excluding hydrogens is 232 g/mol. The highest BCUT2D eigenvalue weighted by Gasteiger charge is 2.27. The molecule has 1 aliphatic heterocycles. The van der Waals surface area contributed by atoms with Crippen LogP contribution in [0.5, 0.6) is 0 Å². The van der Waals surface area contributed by atoms with Crippen LogP contribution in [0.15, 0.2) is 30.3 Å². The summed E-state index contributed by atoms with van der Waals surface area (Å²) in [6.07, 6.45) is 3.83. The predicted octanol–water partition coefficient (Wildman–Crippen LogP) is 3.44. The summed E-state index contributed by atoms with van der Waals surface area (Å²) in [6, 6.07) is 11.5. The Hall–Kier alpha value is -0.860. The van der Waals surface area contributed by atoms with E-state index < -0.39 is 0 Å². The number of hydrogen-bond acceptors (Lipinski definition) is 2. The van der Waals surface area contributed by atoms with Gasteiger partial charge in [-0.3, -0.25) is 4.90 Å². The van der Waals surface area contributed by atoms with Crippen LogP contribution in [0, 0.1) is 11.8 Å². The van der Waals surface area contributed by atoms with Crippen LogP contribution >= 0.6 is 0 Å². The van der Waals surface area contributed by atoms with Gasteiger partial charge in [0.25, 0.3) is 0 Å². The molecule has 1 heterocycles. The minimum absolute atomic E-state index is 0.569. The summed E-state index contributed by atoms with van der Waals surface area (Å²) >= 11 is 0. The molecule has 19 heavy (non-hydrogen) atoms. The summed E-state index contributed by atoms with van der Waals surface area (Å²) in [6.45, 7) is 7.97. The van der Waals surface area contributed by atoms with E-state index in [2.05, 4.69) is 49.1 Å². The van der Waals surface area contributed by atoms with Gasteiger partial charge in [-0.15, -0.1) is 0 Å². The highest BCUT2D eigenvalue weighted by atomic mass is 15.2. The predicted molar refractivity (Wildman–Crippen MR) is 82.0 cm³/mol. The lowest BCUT2D eigenvalue weighted by atomic mass is 9.88. The number of hydrogen-bond donors (Lipinski definition) is 1. The van der Waals surface area contributed by atoms with E-state index in [-0.39, 0.29) is 0 Å². The standard InChI is InChI=1S/C17H28N2/c1-14(2)17(16-6-4-3-5-7-16)19-12-9-15(8-11-18)10-13-19/h3-7,14-15,17H,8-13,18H2,1-2H3. The molecule has 0 amide bonds. The first kappa shape index (κ1) is 14.5. The first-order valence-corrected chi connectivity index (χ1v) is 7.71. The number of likely N-dealkylation sites (tertiary alicyclic amines) is 1. The van der Waals surface area contributed by atoms with E-state index in [4.69, 9.17) is 5.73 Å². The average Bonchev–Trinajstić information content (AvgIpc) is 2.42. The van der Waals surface area contributed by atoms with Crippen LogP contribution in [-0.2, 0) is 0 Å². The molecule has 1 atom stereocenters. The van der Waals surface area contributed by atoms with E-state index in [0.29, 0.717) is 12.0 Å². The Kier molecular flexibility index (Phi) is 5.41. The van der Waals surface area contributed by atoms with Gasteiger partial charge in [0.05, 0.1) is 0 Å². The van der Waals surface area contributed by atoms with Crippen molar-refractivity contribution in [3.63, 3.8) is 0 Å². The lowest BCUT2D eigenvalue weighted by Gasteiger charge is -2.39. The van der Waals surface area contributed by atoms with E-state index in [0.717, 1.165) is 12.5 Å². The number of rotatable bonds is 5. The fourth-order valence-corrected chi connectivity index (χ4v) is 3.42. The molecule has 0 aliphatic carbocycles. The summed E-state index contributed by atoms with van der Waals surface area (Å²) < 4.78 is 0. The van der Waals surface area contributed by atoms with E-state index in [1.54, 1.807) is 0 Å². The molecule has 0 radical (unpaired) electrons. The third kappa shape index (κ3) is 3.80. The van der Waals surface area contributed by atoms with Gasteiger partial charge in [0.2, 0.25) is 0 Å². The maximum Gasteiger partial charge on any atom is 0.0371 e. The Labute approximate surface area is 118 Å². The summed E-state index contributed by atoms with van der Waals surface area (Å²) in [5, 5.41) is 0. The summed E-state index contributed by atoms with van der Waals surface area (Å²) in [5.41, 5.74) is 7.15. The smallest absolute Gasteiger partial charge is 0.0371 e. The quantitative estimate of drug-likeness (QED) is 0.878. The van der Waals surface area contributed by atoms with E-state index >= 15 is 0 Å². The highest BCUT2D eigenvalue weighted by molar-refractivity contribution is 5.19. The van der Waals surface area contributed by atoms with Gasteiger partial charge in [0.15, 0.2) is 0 Å². The van der Waals surface area contributed by atoms with Crippen LogP contribution in [-0.4, -0.2) is 24.5 Å². The van der Waals surface area contributed by atoms with Crippen LogP contribution in [0.3, 0.4) is 0 Å². The normalized spacial score (nSPS) is 19.8. The van der Waals surface area contributed by atoms with Crippen molar-refractivity contribution in [1.29, 1.82) is 0 Å². The number of nitrogens with zero attached hydrogens (tertiary/aromatic N) is 1. The zero-order valence-corrected chi connectivity index (χ0v) is 12.4. The average molecular weight is 260 g/mol. The maximum absolute atomic E-state index is 5.68. The summed E-state index contributed by atoms with van der Waals surface area (Å²) in [7, 11) is 0. The fraction of sp³-hybridized carbons (Fsp3) is 0.647. The molecule has 1 fully saturated rings. The van der Waals surface area contributed by atoms with Gasteiger partial charge in [-0.25, -0.2) is 0 Å². The minimum Gasteiger partial charge on any atom is -0.330 e. The monoisotopic (exact) mass is 260 g/mol. The molecule has 0 saturated carbocycles. The lowest BCUT2D eigenvalue weighted by molar-refractivity contribution is 0.102. The first-order valence-electron chi connectivity index (χ1n) is 7.71. The molecule has 2 heteroatoms. The molecule has 1 saturated heterocycles. The summed E-state index contributed by atoms with van der Waals surface area (Å²) in [5.74, 6) is 1.51. The van der Waals surface area contributed by atoms with Crippen LogP contribution in [0.1, 0.15) is 44.7 Å². The zero-order chi connectivity index (χ0) is 13.7. The molecule has 106 valence electrons. The van der Waals surface area contributed by atoms with E-state index in [1.165, 1.54) is 37.9 Å². The Bertz CT molecular complexity index is 353. The van der Waals surface area contributed by atoms with Gasteiger partial charge < -0.3 is 5.73 Å². The molecule has 2 N–H and O–H groups in total. The third-order valence-corrected chi connectivity index (χ3v) is 4.39. The Morgan fingerprint density at radius 3 is 2.32 bits per heavy atom. The number of benzene rings is 1. The van der Waals surface area contributed by atoms with Crippen molar-refractivity contribution in [3.05, 3.63) is 35.9 Å². The second-order valence-electron chi connectivity index (χ2n) is 6.16. The van der Waals surface area contributed by atoms with E-state index in [1.807, 2.05) is 0 Å². The third-order valence-electron chi connectivity index (χ3n) is 4.39. The van der Waals surface area contributed by atoms with Crippen LogP contribution < -0.4 is 5.73 Å². The molecule has 0 spiro atoms. The molecule has 0 bridgehead atoms. The summed E-state index contributed by atoms with van der Waals surface area (Å²) in [4.78, 5) is 2.67. The van der Waals surface area contributed by atoms with Gasteiger partial charge in [0.1, 0.15) is 0 Å². The Balaban J connectivity index is 2.02. The van der Waals surface area contributed by atoms with Gasteiger partial charge in [0, 0.05) is 6.04 Å². The van der Waals surface area contributed by atoms with Crippen molar-refractivity contribution < 1.29 is 0 Å². The van der Waals surface area contributed by atoms with Crippen LogP contribution in [0.4, 0.5) is 0 Å². The Morgan fingerprint density at radius 2 is 1.79 bits per heavy atom. The molecule has 0 aromatic heterocycles. The van der Waals surface area contributed by atoms with Gasteiger partial charge in [-0.2, -0.15) is 0 Å². The molecule has 2 rings (SSSR count). The van der Waals surface area contributed by atoms with Crippen molar-refractivity contribution in [1.82, 2.24) is 4.90 Å². The van der Waals surface area contributed by atoms with Crippen molar-refractivity contribution in [2.75, 3.05) is 19.6 Å². The fourth-order valence-electron chi connectivity index (χ4n) is 3.42. The number of piperidine rings is 1. The van der Waals surface area contributed by atoms with Crippen LogP contribution in [0.2, 0.25) is 0 Å². The van der Waals surface area contributed by atoms with Gasteiger partial charge >= 0.3 is 0 Å².